The molecule has 0 amide bonds. The molecule has 7 heavy (non-hydrogen) atoms. The zero-order chi connectivity index (χ0) is 5.11. The number of hydrazine groups is 1. The number of halogens is 1. The number of alkyl halides is 1. The summed E-state index contributed by atoms with van der Waals surface area (Å²) in [5, 5.41) is 4.08. The number of hydrogen-bond acceptors (Lipinski definition) is 3. The Bertz CT molecular complexity index is 52.1. The van der Waals surface area contributed by atoms with Gasteiger partial charge in [0.1, 0.15) is 0 Å². The number of nitrogens with one attached hydrogen (secondary N) is 3. The van der Waals surface area contributed by atoms with E-state index in [9.17, 15) is 0 Å². The van der Waals surface area contributed by atoms with Gasteiger partial charge in [0, 0.05) is 5.33 Å². The van der Waals surface area contributed by atoms with E-state index in [1.807, 2.05) is 0 Å². The van der Waals surface area contributed by atoms with Crippen molar-refractivity contribution in [3.63, 3.8) is 0 Å². The van der Waals surface area contributed by atoms with E-state index >= 15 is 0 Å². The summed E-state index contributed by atoms with van der Waals surface area (Å²) < 4.78 is 0. The lowest BCUT2D eigenvalue weighted by Gasteiger charge is -2.01. The SMILES string of the molecule is BrCC1NCNN1. The largest absolute Gasteiger partial charge is 0.286 e. The van der Waals surface area contributed by atoms with Crippen molar-refractivity contribution in [1.29, 1.82) is 0 Å². The molecule has 1 rings (SSSR count). The van der Waals surface area contributed by atoms with Crippen LogP contribution in [0.25, 0.3) is 0 Å². The van der Waals surface area contributed by atoms with Gasteiger partial charge in [-0.25, -0.2) is 10.9 Å². The lowest BCUT2D eigenvalue weighted by molar-refractivity contribution is 0.581. The lowest BCUT2D eigenvalue weighted by atomic mass is 10.6. The summed E-state index contributed by atoms with van der Waals surface area (Å²) in [6, 6.07) is 0. The summed E-state index contributed by atoms with van der Waals surface area (Å²) in [5.74, 6) is 0. The second kappa shape index (κ2) is 2.61. The number of hydrogen-bond donors (Lipinski definition) is 3. The van der Waals surface area contributed by atoms with E-state index in [2.05, 4.69) is 32.1 Å². The van der Waals surface area contributed by atoms with E-state index in [0.717, 1.165) is 12.0 Å². The molecule has 1 aliphatic heterocycles. The van der Waals surface area contributed by atoms with Crippen molar-refractivity contribution >= 4 is 15.9 Å². The van der Waals surface area contributed by atoms with E-state index in [4.69, 9.17) is 0 Å². The average molecular weight is 166 g/mol. The third kappa shape index (κ3) is 1.38. The first-order chi connectivity index (χ1) is 3.43. The Morgan fingerprint density at radius 1 is 1.71 bits per heavy atom. The zero-order valence-electron chi connectivity index (χ0n) is 3.87. The summed E-state index contributed by atoms with van der Waals surface area (Å²) in [6.07, 6.45) is 0.403. The number of rotatable bonds is 1. The minimum Gasteiger partial charge on any atom is -0.286 e. The summed E-state index contributed by atoms with van der Waals surface area (Å²) >= 11 is 3.31. The Morgan fingerprint density at radius 2 is 2.57 bits per heavy atom. The van der Waals surface area contributed by atoms with Gasteiger partial charge >= 0.3 is 0 Å². The Hall–Kier alpha value is 0.360. The van der Waals surface area contributed by atoms with Gasteiger partial charge in [-0.2, -0.15) is 0 Å². The van der Waals surface area contributed by atoms with Crippen LogP contribution in [0.5, 0.6) is 0 Å². The molecule has 0 aromatic carbocycles. The third-order valence-corrected chi connectivity index (χ3v) is 1.51. The van der Waals surface area contributed by atoms with Crippen molar-refractivity contribution in [2.45, 2.75) is 6.17 Å². The summed E-state index contributed by atoms with van der Waals surface area (Å²) in [7, 11) is 0. The first-order valence-corrected chi connectivity index (χ1v) is 3.33. The average Bonchev–Trinajstić information content (AvgIpc) is 2.14. The molecule has 0 radical (unpaired) electrons. The molecular formula is C3H8BrN3. The third-order valence-electron chi connectivity index (χ3n) is 0.867. The predicted octanol–water partition coefficient (Wildman–Crippen LogP) is -0.638. The van der Waals surface area contributed by atoms with Crippen molar-refractivity contribution in [3.8, 4) is 0 Å². The summed E-state index contributed by atoms with van der Waals surface area (Å²) in [4.78, 5) is 0. The fourth-order valence-corrected chi connectivity index (χ4v) is 0.883. The molecule has 0 bridgehead atoms. The van der Waals surface area contributed by atoms with Crippen molar-refractivity contribution in [3.05, 3.63) is 0 Å². The van der Waals surface area contributed by atoms with E-state index in [1.165, 1.54) is 0 Å². The summed E-state index contributed by atoms with van der Waals surface area (Å²) in [6.45, 7) is 0.857. The Balaban J connectivity index is 2.14. The molecule has 1 heterocycles. The van der Waals surface area contributed by atoms with Crippen LogP contribution in [-0.4, -0.2) is 18.2 Å². The molecule has 1 saturated heterocycles. The topological polar surface area (TPSA) is 36.1 Å². The van der Waals surface area contributed by atoms with Crippen LogP contribution in [0.3, 0.4) is 0 Å². The molecule has 3 nitrogen and oxygen atoms in total. The molecule has 1 unspecified atom stereocenters. The minimum atomic E-state index is 0.403. The molecule has 1 fully saturated rings. The molecule has 42 valence electrons. The molecular weight excluding hydrogens is 158 g/mol. The van der Waals surface area contributed by atoms with Gasteiger partial charge in [0.2, 0.25) is 0 Å². The first-order valence-electron chi connectivity index (χ1n) is 2.21. The van der Waals surface area contributed by atoms with Crippen LogP contribution < -0.4 is 16.2 Å². The predicted molar refractivity (Wildman–Crippen MR) is 31.9 cm³/mol. The monoisotopic (exact) mass is 165 g/mol. The molecule has 0 aromatic rings. The molecule has 3 N–H and O–H groups in total. The van der Waals surface area contributed by atoms with Gasteiger partial charge in [0.05, 0.1) is 12.8 Å². The van der Waals surface area contributed by atoms with E-state index < -0.39 is 0 Å². The molecule has 0 aromatic heterocycles. The van der Waals surface area contributed by atoms with Crippen LogP contribution in [0, 0.1) is 0 Å². The zero-order valence-corrected chi connectivity index (χ0v) is 5.46. The first kappa shape index (κ1) is 5.50. The van der Waals surface area contributed by atoms with Gasteiger partial charge in [-0.15, -0.1) is 0 Å². The van der Waals surface area contributed by atoms with Crippen molar-refractivity contribution in [2.75, 3.05) is 12.0 Å². The van der Waals surface area contributed by atoms with Crippen molar-refractivity contribution < 1.29 is 0 Å². The highest BCUT2D eigenvalue weighted by Crippen LogP contribution is 1.86. The molecule has 1 aliphatic rings. The van der Waals surface area contributed by atoms with Gasteiger partial charge in [0.15, 0.2) is 0 Å². The fourth-order valence-electron chi connectivity index (χ4n) is 0.493. The highest BCUT2D eigenvalue weighted by atomic mass is 79.9. The van der Waals surface area contributed by atoms with Crippen molar-refractivity contribution in [1.82, 2.24) is 16.2 Å². The minimum absolute atomic E-state index is 0.403. The van der Waals surface area contributed by atoms with Crippen LogP contribution in [0.15, 0.2) is 0 Å². The molecule has 0 spiro atoms. The maximum absolute atomic E-state index is 3.31. The smallest absolute Gasteiger partial charge is 0.0812 e. The van der Waals surface area contributed by atoms with E-state index in [1.54, 1.807) is 0 Å². The van der Waals surface area contributed by atoms with Crippen LogP contribution in [-0.2, 0) is 0 Å². The van der Waals surface area contributed by atoms with Crippen LogP contribution >= 0.6 is 15.9 Å². The van der Waals surface area contributed by atoms with Crippen LogP contribution in [0.2, 0.25) is 0 Å². The van der Waals surface area contributed by atoms with Gasteiger partial charge in [0.25, 0.3) is 0 Å². The Labute approximate surface area is 51.0 Å². The van der Waals surface area contributed by atoms with Crippen LogP contribution in [0.4, 0.5) is 0 Å². The van der Waals surface area contributed by atoms with Gasteiger partial charge in [-0.1, -0.05) is 15.9 Å². The molecule has 1 atom stereocenters. The molecule has 0 aliphatic carbocycles. The maximum Gasteiger partial charge on any atom is 0.0812 e. The summed E-state index contributed by atoms with van der Waals surface area (Å²) in [5.41, 5.74) is 5.93. The molecule has 4 heteroatoms. The molecule has 0 saturated carbocycles. The van der Waals surface area contributed by atoms with Crippen molar-refractivity contribution in [2.24, 2.45) is 0 Å². The Kier molecular flexibility index (Phi) is 2.05. The highest BCUT2D eigenvalue weighted by Gasteiger charge is 2.08. The quantitative estimate of drug-likeness (QED) is 0.453. The second-order valence-corrected chi connectivity index (χ2v) is 2.06. The van der Waals surface area contributed by atoms with Gasteiger partial charge in [-0.3, -0.25) is 5.32 Å². The van der Waals surface area contributed by atoms with E-state index in [-0.39, 0.29) is 0 Å². The van der Waals surface area contributed by atoms with Gasteiger partial charge in [-0.05, 0) is 0 Å². The van der Waals surface area contributed by atoms with Gasteiger partial charge < -0.3 is 0 Å². The maximum atomic E-state index is 3.31. The standard InChI is InChI=1S/C3H8BrN3/c4-1-3-5-2-6-7-3/h3,5-7H,1-2H2. The normalized spacial score (nSPS) is 31.3. The second-order valence-electron chi connectivity index (χ2n) is 1.41. The van der Waals surface area contributed by atoms with E-state index in [0.29, 0.717) is 6.17 Å². The fraction of sp³-hybridized carbons (Fsp3) is 1.00. The lowest BCUT2D eigenvalue weighted by Crippen LogP contribution is -2.34. The highest BCUT2D eigenvalue weighted by molar-refractivity contribution is 9.09. The van der Waals surface area contributed by atoms with Crippen LogP contribution in [0.1, 0.15) is 0 Å². The Morgan fingerprint density at radius 3 is 2.86 bits per heavy atom.